The van der Waals surface area contributed by atoms with Crippen LogP contribution in [0, 0.1) is 6.92 Å². The number of H-pyrrole nitrogens is 1. The van der Waals surface area contributed by atoms with E-state index in [9.17, 15) is 9.59 Å². The number of unbranched alkanes of at least 4 members (excludes halogenated alkanes) is 4. The third-order valence-corrected chi connectivity index (χ3v) is 4.91. The van der Waals surface area contributed by atoms with Crippen LogP contribution in [0.2, 0.25) is 0 Å². The van der Waals surface area contributed by atoms with Crippen molar-refractivity contribution in [3.8, 4) is 11.3 Å². The molecule has 0 aliphatic carbocycles. The van der Waals surface area contributed by atoms with Crippen LogP contribution in [0.15, 0.2) is 53.1 Å². The minimum atomic E-state index is -0.699. The smallest absolute Gasteiger partial charge is 0.306 e. The highest BCUT2D eigenvalue weighted by atomic mass is 16.4. The number of hydrogen-bond acceptors (Lipinski definition) is 7. The largest absolute Gasteiger partial charge is 0.417 e. The molecule has 0 spiro atoms. The van der Waals surface area contributed by atoms with Gasteiger partial charge in [-0.25, -0.2) is 4.98 Å². The topological polar surface area (TPSA) is 140 Å². The molecule has 0 bridgehead atoms. The summed E-state index contributed by atoms with van der Waals surface area (Å²) in [5.74, 6) is 0.537. The highest BCUT2D eigenvalue weighted by Gasteiger charge is 2.07. The molecule has 35 heavy (non-hydrogen) atoms. The normalized spacial score (nSPS) is 10.1. The third-order valence-electron chi connectivity index (χ3n) is 4.91. The number of aryl methyl sites for hydroxylation is 2. The second-order valence-electron chi connectivity index (χ2n) is 7.92. The van der Waals surface area contributed by atoms with Crippen molar-refractivity contribution < 1.29 is 14.0 Å². The molecule has 2 aromatic heterocycles. The fourth-order valence-corrected chi connectivity index (χ4v) is 3.26. The van der Waals surface area contributed by atoms with Crippen LogP contribution >= 0.6 is 0 Å². The number of nitrogens with zero attached hydrogens (tertiary/aromatic N) is 3. The Kier molecular flexibility index (Phi) is 11.8. The molecule has 2 heterocycles. The summed E-state index contributed by atoms with van der Waals surface area (Å²) in [5, 5.41) is 12.0. The molecule has 0 atom stereocenters. The number of hydrogen-bond donors (Lipinski definition) is 3. The van der Waals surface area contributed by atoms with Crippen molar-refractivity contribution in [3.63, 3.8) is 0 Å². The number of aldehydes is 1. The van der Waals surface area contributed by atoms with E-state index in [1.54, 1.807) is 6.92 Å². The molecule has 4 N–H and O–H groups in total. The number of amides is 1. The van der Waals surface area contributed by atoms with Gasteiger partial charge in [0.2, 0.25) is 5.89 Å². The molecule has 4 rings (SSSR count). The van der Waals surface area contributed by atoms with Crippen LogP contribution in [0.4, 0.5) is 0 Å². The molecule has 9 nitrogen and oxygen atoms in total. The Labute approximate surface area is 205 Å². The van der Waals surface area contributed by atoms with E-state index in [0.29, 0.717) is 12.3 Å². The Morgan fingerprint density at radius 2 is 1.77 bits per heavy atom. The predicted molar refractivity (Wildman–Crippen MR) is 137 cm³/mol. The van der Waals surface area contributed by atoms with E-state index in [0.717, 1.165) is 49.9 Å². The van der Waals surface area contributed by atoms with Crippen molar-refractivity contribution in [2.45, 2.75) is 45.4 Å². The van der Waals surface area contributed by atoms with E-state index in [4.69, 9.17) is 5.73 Å². The molecule has 9 heteroatoms. The van der Waals surface area contributed by atoms with Crippen LogP contribution in [0.5, 0.6) is 0 Å². The maximum absolute atomic E-state index is 10.3. The number of carbonyl (C=O) groups is 2. The predicted octanol–water partition coefficient (Wildman–Crippen LogP) is 4.23. The molecule has 0 fully saturated rings. The SMILES string of the molecule is CNC.Cc1nnc(C(N)=O)o1.O=CCCCCCCc1ncc(-c2ccc3ccccc3c2)[nH]1. The summed E-state index contributed by atoms with van der Waals surface area (Å²) in [4.78, 5) is 28.4. The van der Waals surface area contributed by atoms with Gasteiger partial charge in [0.25, 0.3) is 0 Å². The molecule has 0 unspecified atom stereocenters. The zero-order valence-electron chi connectivity index (χ0n) is 20.6. The van der Waals surface area contributed by atoms with Crippen molar-refractivity contribution >= 4 is 23.0 Å². The second kappa shape index (κ2) is 15.1. The van der Waals surface area contributed by atoms with E-state index >= 15 is 0 Å². The molecule has 186 valence electrons. The number of nitrogens with one attached hydrogen (secondary N) is 2. The maximum atomic E-state index is 10.3. The van der Waals surface area contributed by atoms with Gasteiger partial charge in [-0.05, 0) is 43.8 Å². The molecule has 1 amide bonds. The molecular formula is C26H34N6O3. The van der Waals surface area contributed by atoms with Gasteiger partial charge in [-0.1, -0.05) is 49.2 Å². The Morgan fingerprint density at radius 3 is 2.40 bits per heavy atom. The van der Waals surface area contributed by atoms with E-state index in [1.807, 2.05) is 20.3 Å². The van der Waals surface area contributed by atoms with Crippen molar-refractivity contribution in [1.82, 2.24) is 25.5 Å². The summed E-state index contributed by atoms with van der Waals surface area (Å²) in [6.07, 6.45) is 8.97. The third kappa shape index (κ3) is 9.50. The standard InChI is InChI=1S/C20H22N2O.C4H5N3O2.C2H7N/c23-13-7-3-1-2-4-10-20-21-15-19(22-20)18-12-11-16-8-5-6-9-17(16)14-18;1-2-6-7-4(9-2)3(5)8;1-3-2/h5-6,8-9,11-15H,1-4,7,10H2,(H,21,22);1H3,(H2,5,8);3H,1-2H3. The molecule has 0 saturated heterocycles. The lowest BCUT2D eigenvalue weighted by atomic mass is 10.1. The minimum absolute atomic E-state index is 0.146. The first-order valence-corrected chi connectivity index (χ1v) is 11.6. The van der Waals surface area contributed by atoms with E-state index < -0.39 is 5.91 Å². The van der Waals surface area contributed by atoms with Crippen molar-refractivity contribution in [3.05, 3.63) is 66.3 Å². The van der Waals surface area contributed by atoms with Gasteiger partial charge in [0.05, 0.1) is 11.9 Å². The van der Waals surface area contributed by atoms with Crippen molar-refractivity contribution in [2.24, 2.45) is 5.73 Å². The van der Waals surface area contributed by atoms with Crippen LogP contribution in [-0.2, 0) is 11.2 Å². The Morgan fingerprint density at radius 1 is 1.06 bits per heavy atom. The minimum Gasteiger partial charge on any atom is -0.417 e. The molecule has 0 saturated carbocycles. The molecule has 0 aliphatic rings. The first-order valence-electron chi connectivity index (χ1n) is 11.6. The summed E-state index contributed by atoms with van der Waals surface area (Å²) in [6, 6.07) is 14.9. The van der Waals surface area contributed by atoms with Gasteiger partial charge in [0.15, 0.2) is 0 Å². The van der Waals surface area contributed by atoms with Gasteiger partial charge in [0, 0.05) is 25.3 Å². The van der Waals surface area contributed by atoms with Crippen LogP contribution in [0.25, 0.3) is 22.0 Å². The van der Waals surface area contributed by atoms with Crippen LogP contribution in [-0.4, -0.2) is 46.5 Å². The zero-order chi connectivity index (χ0) is 25.5. The number of carbonyl (C=O) groups excluding carboxylic acids is 2. The van der Waals surface area contributed by atoms with E-state index in [2.05, 4.69) is 72.4 Å². The molecular weight excluding hydrogens is 444 g/mol. The number of nitrogens with two attached hydrogens (primary N) is 1. The lowest BCUT2D eigenvalue weighted by Crippen LogP contribution is -2.10. The van der Waals surface area contributed by atoms with Gasteiger partial charge in [0.1, 0.15) is 12.1 Å². The number of aromatic nitrogens is 4. The number of primary amides is 1. The second-order valence-corrected chi connectivity index (χ2v) is 7.92. The monoisotopic (exact) mass is 478 g/mol. The average Bonchev–Trinajstić information content (AvgIpc) is 3.51. The van der Waals surface area contributed by atoms with Gasteiger partial charge in [-0.3, -0.25) is 4.79 Å². The van der Waals surface area contributed by atoms with E-state index in [1.165, 1.54) is 16.3 Å². The average molecular weight is 479 g/mol. The van der Waals surface area contributed by atoms with Crippen LogP contribution in [0.3, 0.4) is 0 Å². The summed E-state index contributed by atoms with van der Waals surface area (Å²) in [7, 11) is 3.75. The Bertz CT molecular complexity index is 1180. The number of fused-ring (bicyclic) bond motifs is 1. The molecule has 0 radical (unpaired) electrons. The molecule has 2 aromatic carbocycles. The Hall–Kier alpha value is -3.85. The molecule has 0 aliphatic heterocycles. The fraction of sp³-hybridized carbons (Fsp3) is 0.346. The van der Waals surface area contributed by atoms with E-state index in [-0.39, 0.29) is 5.89 Å². The first kappa shape index (κ1) is 27.4. The number of benzene rings is 2. The highest BCUT2D eigenvalue weighted by Crippen LogP contribution is 2.23. The van der Waals surface area contributed by atoms with Gasteiger partial charge in [-0.15, -0.1) is 10.2 Å². The van der Waals surface area contributed by atoms with Crippen molar-refractivity contribution in [2.75, 3.05) is 14.1 Å². The fourth-order valence-electron chi connectivity index (χ4n) is 3.26. The summed E-state index contributed by atoms with van der Waals surface area (Å²) in [5.41, 5.74) is 7.04. The lowest BCUT2D eigenvalue weighted by Gasteiger charge is -2.02. The lowest BCUT2D eigenvalue weighted by molar-refractivity contribution is -0.107. The van der Waals surface area contributed by atoms with Crippen LogP contribution in [0.1, 0.15) is 54.5 Å². The van der Waals surface area contributed by atoms with Gasteiger partial charge >= 0.3 is 11.8 Å². The molecule has 4 aromatic rings. The van der Waals surface area contributed by atoms with Crippen LogP contribution < -0.4 is 11.1 Å². The van der Waals surface area contributed by atoms with Crippen molar-refractivity contribution in [1.29, 1.82) is 0 Å². The Balaban J connectivity index is 0.000000299. The van der Waals surface area contributed by atoms with Gasteiger partial charge < -0.3 is 25.2 Å². The number of rotatable bonds is 9. The summed E-state index contributed by atoms with van der Waals surface area (Å²) < 4.78 is 4.65. The number of imidazole rings is 1. The summed E-state index contributed by atoms with van der Waals surface area (Å²) in [6.45, 7) is 1.58. The first-order chi connectivity index (χ1) is 17.0. The maximum Gasteiger partial charge on any atom is 0.306 e. The zero-order valence-corrected chi connectivity index (χ0v) is 20.6. The number of aromatic amines is 1. The highest BCUT2D eigenvalue weighted by molar-refractivity contribution is 5.87. The summed E-state index contributed by atoms with van der Waals surface area (Å²) >= 11 is 0. The quantitative estimate of drug-likeness (QED) is 0.241. The van der Waals surface area contributed by atoms with Gasteiger partial charge in [-0.2, -0.15) is 0 Å².